The molecule has 0 saturated heterocycles. The van der Waals surface area contributed by atoms with E-state index >= 15 is 0 Å². The van der Waals surface area contributed by atoms with E-state index in [1.54, 1.807) is 0 Å². The van der Waals surface area contributed by atoms with Gasteiger partial charge in [0, 0.05) is 23.9 Å². The van der Waals surface area contributed by atoms with Gasteiger partial charge in [-0.2, -0.15) is 0 Å². The molecule has 0 aliphatic heterocycles. The summed E-state index contributed by atoms with van der Waals surface area (Å²) in [6.45, 7) is 0. The first-order valence-electron chi connectivity index (χ1n) is 7.42. The van der Waals surface area contributed by atoms with Gasteiger partial charge in [-0.3, -0.25) is 16.3 Å². The first-order chi connectivity index (χ1) is 10.3. The highest BCUT2D eigenvalue weighted by Gasteiger charge is 2.28. The Morgan fingerprint density at radius 3 is 2.86 bits per heavy atom. The number of nitrogens with zero attached hydrogens (tertiary/aromatic N) is 1. The molecule has 2 unspecified atom stereocenters. The number of hydrogen-bond acceptors (Lipinski definition) is 3. The first kappa shape index (κ1) is 14.2. The summed E-state index contributed by atoms with van der Waals surface area (Å²) in [5.41, 5.74) is 6.52. The summed E-state index contributed by atoms with van der Waals surface area (Å²) in [6, 6.07) is 10.9. The summed E-state index contributed by atoms with van der Waals surface area (Å²) < 4.78 is 13.0. The third-order valence-electron chi connectivity index (χ3n) is 4.31. The molecule has 21 heavy (non-hydrogen) atoms. The normalized spacial score (nSPS) is 19.0. The van der Waals surface area contributed by atoms with E-state index in [9.17, 15) is 4.39 Å². The van der Waals surface area contributed by atoms with Crippen LogP contribution in [-0.4, -0.2) is 11.0 Å². The number of nitrogens with one attached hydrogen (secondary N) is 1. The summed E-state index contributed by atoms with van der Waals surface area (Å²) in [4.78, 5) is 4.57. The number of hydrazine groups is 1. The molecule has 0 radical (unpaired) electrons. The lowest BCUT2D eigenvalue weighted by Crippen LogP contribution is -2.42. The predicted octanol–water partition coefficient (Wildman–Crippen LogP) is 2.72. The number of benzene rings is 1. The highest BCUT2D eigenvalue weighted by molar-refractivity contribution is 5.28. The maximum atomic E-state index is 13.0. The third kappa shape index (κ3) is 3.12. The summed E-state index contributed by atoms with van der Waals surface area (Å²) in [5.74, 6) is 5.89. The second-order valence-electron chi connectivity index (χ2n) is 5.65. The maximum Gasteiger partial charge on any atom is 0.123 e. The van der Waals surface area contributed by atoms with Crippen molar-refractivity contribution in [1.29, 1.82) is 0 Å². The molecule has 110 valence electrons. The second kappa shape index (κ2) is 6.33. The molecule has 1 heterocycles. The van der Waals surface area contributed by atoms with Crippen LogP contribution in [0.3, 0.4) is 0 Å². The number of halogens is 1. The molecule has 1 aliphatic rings. The molecule has 0 spiro atoms. The molecule has 0 saturated carbocycles. The average molecular weight is 285 g/mol. The van der Waals surface area contributed by atoms with E-state index in [0.717, 1.165) is 36.9 Å². The Labute approximate surface area is 124 Å². The van der Waals surface area contributed by atoms with E-state index in [1.165, 1.54) is 17.7 Å². The number of nitrogens with two attached hydrogens (primary N) is 1. The van der Waals surface area contributed by atoms with Crippen LogP contribution in [0.4, 0.5) is 4.39 Å². The summed E-state index contributed by atoms with van der Waals surface area (Å²) in [7, 11) is 0. The number of hydrogen-bond donors (Lipinski definition) is 2. The average Bonchev–Trinajstić information content (AvgIpc) is 2.54. The molecule has 1 aromatic heterocycles. The third-order valence-corrected chi connectivity index (χ3v) is 4.31. The van der Waals surface area contributed by atoms with E-state index in [-0.39, 0.29) is 11.9 Å². The number of rotatable bonds is 4. The van der Waals surface area contributed by atoms with Gasteiger partial charge in [-0.25, -0.2) is 4.39 Å². The largest absolute Gasteiger partial charge is 0.271 e. The SMILES string of the molecule is NNC(Cc1ccc(F)cc1)C1CCCc2cccnc21. The van der Waals surface area contributed by atoms with Gasteiger partial charge in [-0.15, -0.1) is 0 Å². The quantitative estimate of drug-likeness (QED) is 0.671. The van der Waals surface area contributed by atoms with Crippen molar-refractivity contribution in [2.24, 2.45) is 5.84 Å². The molecule has 0 fully saturated rings. The molecule has 2 aromatic rings. The van der Waals surface area contributed by atoms with E-state index in [4.69, 9.17) is 5.84 Å². The van der Waals surface area contributed by atoms with E-state index < -0.39 is 0 Å². The number of aromatic nitrogens is 1. The van der Waals surface area contributed by atoms with Crippen LogP contribution >= 0.6 is 0 Å². The Balaban J connectivity index is 1.82. The number of aryl methyl sites for hydroxylation is 1. The Bertz CT molecular complexity index is 597. The van der Waals surface area contributed by atoms with Gasteiger partial charge in [0.2, 0.25) is 0 Å². The molecule has 3 nitrogen and oxygen atoms in total. The van der Waals surface area contributed by atoms with Gasteiger partial charge >= 0.3 is 0 Å². The summed E-state index contributed by atoms with van der Waals surface area (Å²) >= 11 is 0. The van der Waals surface area contributed by atoms with Gasteiger partial charge < -0.3 is 0 Å². The minimum absolute atomic E-state index is 0.115. The first-order valence-corrected chi connectivity index (χ1v) is 7.42. The molecule has 3 rings (SSSR count). The van der Waals surface area contributed by atoms with Crippen LogP contribution in [0.2, 0.25) is 0 Å². The monoisotopic (exact) mass is 285 g/mol. The molecular formula is C17H20FN3. The van der Waals surface area contributed by atoms with Crippen LogP contribution in [0.1, 0.15) is 35.6 Å². The van der Waals surface area contributed by atoms with Crippen molar-refractivity contribution in [3.8, 4) is 0 Å². The van der Waals surface area contributed by atoms with Crippen molar-refractivity contribution in [2.75, 3.05) is 0 Å². The molecule has 1 aliphatic carbocycles. The van der Waals surface area contributed by atoms with Gasteiger partial charge in [0.05, 0.1) is 0 Å². The number of pyridine rings is 1. The Morgan fingerprint density at radius 2 is 2.10 bits per heavy atom. The van der Waals surface area contributed by atoms with Gasteiger partial charge in [0.1, 0.15) is 5.82 Å². The fraction of sp³-hybridized carbons (Fsp3) is 0.353. The minimum Gasteiger partial charge on any atom is -0.271 e. The van der Waals surface area contributed by atoms with Crippen molar-refractivity contribution in [1.82, 2.24) is 10.4 Å². The standard InChI is InChI=1S/C17H20FN3/c18-14-8-6-12(7-9-14)11-16(21-19)15-5-1-3-13-4-2-10-20-17(13)15/h2,4,6-10,15-16,21H,1,3,5,11,19H2. The van der Waals surface area contributed by atoms with E-state index in [2.05, 4.69) is 16.5 Å². The highest BCUT2D eigenvalue weighted by Crippen LogP contribution is 2.33. The summed E-state index contributed by atoms with van der Waals surface area (Å²) in [5, 5.41) is 0. The minimum atomic E-state index is -0.208. The second-order valence-corrected chi connectivity index (χ2v) is 5.65. The molecule has 3 N–H and O–H groups in total. The zero-order valence-corrected chi connectivity index (χ0v) is 11.9. The van der Waals surface area contributed by atoms with Crippen LogP contribution in [0.25, 0.3) is 0 Å². The van der Waals surface area contributed by atoms with Crippen molar-refractivity contribution >= 4 is 0 Å². The van der Waals surface area contributed by atoms with Crippen molar-refractivity contribution < 1.29 is 4.39 Å². The Kier molecular flexibility index (Phi) is 4.27. The predicted molar refractivity (Wildman–Crippen MR) is 81.1 cm³/mol. The van der Waals surface area contributed by atoms with Crippen molar-refractivity contribution in [3.63, 3.8) is 0 Å². The Hall–Kier alpha value is -1.78. The van der Waals surface area contributed by atoms with E-state index in [1.807, 2.05) is 24.4 Å². The smallest absolute Gasteiger partial charge is 0.123 e. The van der Waals surface area contributed by atoms with Crippen LogP contribution in [-0.2, 0) is 12.8 Å². The zero-order chi connectivity index (χ0) is 14.7. The zero-order valence-electron chi connectivity index (χ0n) is 11.9. The molecule has 2 atom stereocenters. The highest BCUT2D eigenvalue weighted by atomic mass is 19.1. The van der Waals surface area contributed by atoms with Gasteiger partial charge in [-0.05, 0) is 55.0 Å². The number of fused-ring (bicyclic) bond motifs is 1. The van der Waals surface area contributed by atoms with Crippen LogP contribution in [0.5, 0.6) is 0 Å². The van der Waals surface area contributed by atoms with Crippen LogP contribution in [0.15, 0.2) is 42.6 Å². The van der Waals surface area contributed by atoms with Crippen LogP contribution in [0, 0.1) is 5.82 Å². The topological polar surface area (TPSA) is 50.9 Å². The maximum absolute atomic E-state index is 13.0. The van der Waals surface area contributed by atoms with Crippen molar-refractivity contribution in [2.45, 2.75) is 37.6 Å². The molecule has 1 aromatic carbocycles. The fourth-order valence-electron chi connectivity index (χ4n) is 3.23. The Morgan fingerprint density at radius 1 is 1.29 bits per heavy atom. The molecule has 0 bridgehead atoms. The lowest BCUT2D eigenvalue weighted by molar-refractivity contribution is 0.387. The molecule has 0 amide bonds. The van der Waals surface area contributed by atoms with Gasteiger partial charge in [-0.1, -0.05) is 18.2 Å². The van der Waals surface area contributed by atoms with Gasteiger partial charge in [0.15, 0.2) is 0 Å². The summed E-state index contributed by atoms with van der Waals surface area (Å²) in [6.07, 6.45) is 5.96. The van der Waals surface area contributed by atoms with Gasteiger partial charge in [0.25, 0.3) is 0 Å². The van der Waals surface area contributed by atoms with E-state index in [0.29, 0.717) is 5.92 Å². The fourth-order valence-corrected chi connectivity index (χ4v) is 3.23. The van der Waals surface area contributed by atoms with Crippen molar-refractivity contribution in [3.05, 3.63) is 65.2 Å². The lowest BCUT2D eigenvalue weighted by atomic mass is 9.80. The molecular weight excluding hydrogens is 265 g/mol. The lowest BCUT2D eigenvalue weighted by Gasteiger charge is -2.31. The molecule has 4 heteroatoms. The van der Waals surface area contributed by atoms with Crippen LogP contribution < -0.4 is 11.3 Å².